The van der Waals surface area contributed by atoms with E-state index in [-0.39, 0.29) is 6.03 Å². The molecule has 1 atom stereocenters. The van der Waals surface area contributed by atoms with Crippen molar-refractivity contribution in [3.8, 4) is 0 Å². The van der Waals surface area contributed by atoms with Gasteiger partial charge in [0.15, 0.2) is 0 Å². The molecule has 4 rings (SSSR count). The average molecular weight is 329 g/mol. The molecule has 1 N–H and O–H groups in total. The van der Waals surface area contributed by atoms with Gasteiger partial charge in [-0.3, -0.25) is 0 Å². The summed E-state index contributed by atoms with van der Waals surface area (Å²) >= 11 is 1.77. The van der Waals surface area contributed by atoms with Crippen LogP contribution in [0, 0.1) is 5.92 Å². The van der Waals surface area contributed by atoms with E-state index >= 15 is 0 Å². The van der Waals surface area contributed by atoms with Gasteiger partial charge in [0.05, 0.1) is 15.2 Å². The first-order valence-electron chi connectivity index (χ1n) is 8.69. The molecule has 2 fully saturated rings. The standard InChI is InChI=1S/C18H23N3OS/c1-2-12-4-3-9-21(11-12)18(22)19-14-7-8-15-16(10-14)23-17(20-15)13-5-6-13/h7-8,10,12-13H,2-6,9,11H2,1H3,(H,19,22). The third-order valence-corrected chi connectivity index (χ3v) is 6.15. The fourth-order valence-corrected chi connectivity index (χ4v) is 4.49. The predicted octanol–water partition coefficient (Wildman–Crippen LogP) is 4.83. The number of hydrogen-bond donors (Lipinski definition) is 1. The number of rotatable bonds is 3. The number of urea groups is 1. The number of aromatic nitrogens is 1. The van der Waals surface area contributed by atoms with Gasteiger partial charge in [0.1, 0.15) is 0 Å². The zero-order chi connectivity index (χ0) is 15.8. The summed E-state index contributed by atoms with van der Waals surface area (Å²) in [5.74, 6) is 1.34. The Morgan fingerprint density at radius 2 is 2.26 bits per heavy atom. The van der Waals surface area contributed by atoms with Crippen molar-refractivity contribution in [1.82, 2.24) is 9.88 Å². The largest absolute Gasteiger partial charge is 0.324 e. The van der Waals surface area contributed by atoms with Crippen LogP contribution < -0.4 is 5.32 Å². The van der Waals surface area contributed by atoms with Crippen LogP contribution in [-0.2, 0) is 0 Å². The molecule has 1 aliphatic carbocycles. The molecular formula is C18H23N3OS. The van der Waals surface area contributed by atoms with Gasteiger partial charge in [-0.05, 0) is 49.8 Å². The smallest absolute Gasteiger partial charge is 0.321 e. The number of nitrogens with zero attached hydrogens (tertiary/aromatic N) is 2. The van der Waals surface area contributed by atoms with Gasteiger partial charge in [-0.25, -0.2) is 9.78 Å². The Hall–Kier alpha value is -1.62. The molecule has 4 nitrogen and oxygen atoms in total. The Morgan fingerprint density at radius 1 is 1.39 bits per heavy atom. The van der Waals surface area contributed by atoms with Crippen LogP contribution in [0.3, 0.4) is 0 Å². The van der Waals surface area contributed by atoms with Gasteiger partial charge in [0.2, 0.25) is 0 Å². The number of anilines is 1. The Bertz CT molecular complexity index is 722. The molecule has 0 spiro atoms. The molecule has 1 aliphatic heterocycles. The Labute approximate surface area is 140 Å². The molecule has 1 unspecified atom stereocenters. The Kier molecular flexibility index (Phi) is 3.97. The van der Waals surface area contributed by atoms with Gasteiger partial charge >= 0.3 is 6.03 Å². The van der Waals surface area contributed by atoms with Crippen LogP contribution in [-0.4, -0.2) is 29.0 Å². The van der Waals surface area contributed by atoms with E-state index in [1.54, 1.807) is 11.3 Å². The van der Waals surface area contributed by atoms with Crippen molar-refractivity contribution in [2.45, 2.75) is 44.9 Å². The zero-order valence-corrected chi connectivity index (χ0v) is 14.4. The van der Waals surface area contributed by atoms with Crippen LogP contribution in [0.4, 0.5) is 10.5 Å². The SMILES string of the molecule is CCC1CCCN(C(=O)Nc2ccc3nc(C4CC4)sc3c2)C1. The number of fused-ring (bicyclic) bond motifs is 1. The first-order chi connectivity index (χ1) is 11.2. The summed E-state index contributed by atoms with van der Waals surface area (Å²) in [7, 11) is 0. The van der Waals surface area contributed by atoms with Crippen molar-refractivity contribution in [2.24, 2.45) is 5.92 Å². The minimum Gasteiger partial charge on any atom is -0.324 e. The van der Waals surface area contributed by atoms with Crippen molar-refractivity contribution in [3.05, 3.63) is 23.2 Å². The van der Waals surface area contributed by atoms with E-state index in [1.807, 2.05) is 17.0 Å². The van der Waals surface area contributed by atoms with E-state index in [2.05, 4.69) is 18.3 Å². The van der Waals surface area contributed by atoms with E-state index in [0.29, 0.717) is 11.8 Å². The fourth-order valence-electron chi connectivity index (χ4n) is 3.31. The average Bonchev–Trinajstić information content (AvgIpc) is 3.34. The highest BCUT2D eigenvalue weighted by Gasteiger charge is 2.27. The number of carbonyl (C=O) groups excluding carboxylic acids is 1. The highest BCUT2D eigenvalue weighted by Crippen LogP contribution is 2.43. The molecule has 2 aromatic rings. The summed E-state index contributed by atoms with van der Waals surface area (Å²) in [4.78, 5) is 19.2. The molecule has 122 valence electrons. The van der Waals surface area contributed by atoms with E-state index in [1.165, 1.54) is 29.0 Å². The molecule has 0 bridgehead atoms. The Balaban J connectivity index is 1.47. The summed E-state index contributed by atoms with van der Waals surface area (Å²) in [5, 5.41) is 4.32. The van der Waals surface area contributed by atoms with E-state index < -0.39 is 0 Å². The molecule has 1 saturated heterocycles. The van der Waals surface area contributed by atoms with Crippen LogP contribution in [0.25, 0.3) is 10.2 Å². The third kappa shape index (κ3) is 3.20. The molecule has 1 aromatic carbocycles. The Morgan fingerprint density at radius 3 is 3.04 bits per heavy atom. The van der Waals surface area contributed by atoms with Crippen LogP contribution >= 0.6 is 11.3 Å². The molecule has 2 amide bonds. The van der Waals surface area contributed by atoms with Crippen molar-refractivity contribution in [3.63, 3.8) is 0 Å². The minimum atomic E-state index is 0.0365. The number of nitrogens with one attached hydrogen (secondary N) is 1. The van der Waals surface area contributed by atoms with Gasteiger partial charge in [-0.1, -0.05) is 13.3 Å². The number of amides is 2. The molecule has 1 aromatic heterocycles. The number of hydrogen-bond acceptors (Lipinski definition) is 3. The first kappa shape index (κ1) is 14.9. The van der Waals surface area contributed by atoms with Crippen molar-refractivity contribution in [2.75, 3.05) is 18.4 Å². The van der Waals surface area contributed by atoms with E-state index in [4.69, 9.17) is 4.98 Å². The van der Waals surface area contributed by atoms with Gasteiger partial charge in [0, 0.05) is 24.7 Å². The quantitative estimate of drug-likeness (QED) is 0.877. The maximum Gasteiger partial charge on any atom is 0.321 e. The van der Waals surface area contributed by atoms with Crippen LogP contribution in [0.15, 0.2) is 18.2 Å². The van der Waals surface area contributed by atoms with Crippen LogP contribution in [0.5, 0.6) is 0 Å². The van der Waals surface area contributed by atoms with Gasteiger partial charge in [-0.2, -0.15) is 0 Å². The van der Waals surface area contributed by atoms with Crippen LogP contribution in [0.2, 0.25) is 0 Å². The lowest BCUT2D eigenvalue weighted by Gasteiger charge is -2.32. The van der Waals surface area contributed by atoms with E-state index in [9.17, 15) is 4.79 Å². The van der Waals surface area contributed by atoms with Crippen LogP contribution in [0.1, 0.15) is 50.0 Å². The number of piperidine rings is 1. The van der Waals surface area contributed by atoms with Crippen molar-refractivity contribution < 1.29 is 4.79 Å². The van der Waals surface area contributed by atoms with Gasteiger partial charge in [0.25, 0.3) is 0 Å². The van der Waals surface area contributed by atoms with Gasteiger partial charge < -0.3 is 10.2 Å². The molecule has 2 aliphatic rings. The molecule has 23 heavy (non-hydrogen) atoms. The number of thiazole rings is 1. The minimum absolute atomic E-state index is 0.0365. The summed E-state index contributed by atoms with van der Waals surface area (Å²) in [6.07, 6.45) is 6.07. The summed E-state index contributed by atoms with van der Waals surface area (Å²) in [6.45, 7) is 3.97. The second-order valence-corrected chi connectivity index (χ2v) is 7.86. The maximum atomic E-state index is 12.5. The number of likely N-dealkylation sites (tertiary alicyclic amines) is 1. The topological polar surface area (TPSA) is 45.2 Å². The van der Waals surface area contributed by atoms with Crippen molar-refractivity contribution >= 4 is 33.3 Å². The first-order valence-corrected chi connectivity index (χ1v) is 9.51. The zero-order valence-electron chi connectivity index (χ0n) is 13.5. The molecular weight excluding hydrogens is 306 g/mol. The number of carbonyl (C=O) groups is 1. The summed E-state index contributed by atoms with van der Waals surface area (Å²) < 4.78 is 1.18. The second kappa shape index (κ2) is 6.11. The third-order valence-electron chi connectivity index (χ3n) is 4.97. The van der Waals surface area contributed by atoms with Crippen molar-refractivity contribution in [1.29, 1.82) is 0 Å². The number of benzene rings is 1. The highest BCUT2D eigenvalue weighted by atomic mass is 32.1. The lowest BCUT2D eigenvalue weighted by atomic mass is 9.96. The molecule has 1 saturated carbocycles. The summed E-state index contributed by atoms with van der Waals surface area (Å²) in [6, 6.07) is 6.10. The lowest BCUT2D eigenvalue weighted by Crippen LogP contribution is -2.42. The molecule has 5 heteroatoms. The maximum absolute atomic E-state index is 12.5. The highest BCUT2D eigenvalue weighted by molar-refractivity contribution is 7.18. The second-order valence-electron chi connectivity index (χ2n) is 6.80. The van der Waals surface area contributed by atoms with Gasteiger partial charge in [-0.15, -0.1) is 11.3 Å². The molecule has 2 heterocycles. The summed E-state index contributed by atoms with van der Waals surface area (Å²) in [5.41, 5.74) is 1.94. The normalized spacial score (nSPS) is 21.6. The fraction of sp³-hybridized carbons (Fsp3) is 0.556. The monoisotopic (exact) mass is 329 g/mol. The molecule has 0 radical (unpaired) electrons. The van der Waals surface area contributed by atoms with E-state index in [0.717, 1.165) is 37.1 Å². The lowest BCUT2D eigenvalue weighted by molar-refractivity contribution is 0.176. The predicted molar refractivity (Wildman–Crippen MR) is 95.2 cm³/mol.